The van der Waals surface area contributed by atoms with Crippen molar-refractivity contribution in [1.29, 1.82) is 0 Å². The highest BCUT2D eigenvalue weighted by molar-refractivity contribution is 5.76. The maximum absolute atomic E-state index is 11.3. The first-order valence-electron chi connectivity index (χ1n) is 6.39. The summed E-state index contributed by atoms with van der Waals surface area (Å²) in [4.78, 5) is 13.3. The van der Waals surface area contributed by atoms with E-state index in [1.165, 1.54) is 5.56 Å². The molecule has 0 aromatic heterocycles. The van der Waals surface area contributed by atoms with E-state index >= 15 is 0 Å². The number of carboxylic acid groups (broad SMARTS) is 1. The Balaban J connectivity index is 2.82. The van der Waals surface area contributed by atoms with Crippen LogP contribution in [0.4, 0.5) is 0 Å². The van der Waals surface area contributed by atoms with Crippen LogP contribution in [0.2, 0.25) is 0 Å². The van der Waals surface area contributed by atoms with Gasteiger partial charge in [0.25, 0.3) is 0 Å². The molecule has 1 rings (SSSR count). The minimum Gasteiger partial charge on any atom is -0.481 e. The lowest BCUT2D eigenvalue weighted by atomic mass is 9.93. The summed E-state index contributed by atoms with van der Waals surface area (Å²) in [6.07, 6.45) is 0.642. The molecule has 0 spiro atoms. The van der Waals surface area contributed by atoms with Crippen LogP contribution >= 0.6 is 0 Å². The Kier molecular flexibility index (Phi) is 5.35. The zero-order chi connectivity index (χ0) is 13.7. The molecule has 0 saturated heterocycles. The number of rotatable bonds is 6. The molecule has 0 aliphatic heterocycles. The van der Waals surface area contributed by atoms with E-state index in [4.69, 9.17) is 0 Å². The molecule has 1 aromatic carbocycles. The summed E-state index contributed by atoms with van der Waals surface area (Å²) < 4.78 is 0. The summed E-state index contributed by atoms with van der Waals surface area (Å²) in [6, 6.07) is 7.96. The van der Waals surface area contributed by atoms with Crippen LogP contribution in [0.3, 0.4) is 0 Å². The van der Waals surface area contributed by atoms with Gasteiger partial charge in [-0.05, 0) is 44.1 Å². The third kappa shape index (κ3) is 4.15. The largest absolute Gasteiger partial charge is 0.481 e. The lowest BCUT2D eigenvalue weighted by Crippen LogP contribution is -2.20. The zero-order valence-electron chi connectivity index (χ0n) is 11.7. The van der Waals surface area contributed by atoms with E-state index in [-0.39, 0.29) is 0 Å². The third-order valence-corrected chi connectivity index (χ3v) is 3.17. The average molecular weight is 249 g/mol. The summed E-state index contributed by atoms with van der Waals surface area (Å²) in [5, 5.41) is 9.30. The molecule has 0 aliphatic carbocycles. The van der Waals surface area contributed by atoms with Gasteiger partial charge >= 0.3 is 5.97 Å². The molecule has 1 unspecified atom stereocenters. The van der Waals surface area contributed by atoms with Gasteiger partial charge in [-0.15, -0.1) is 0 Å². The van der Waals surface area contributed by atoms with Crippen LogP contribution in [0.15, 0.2) is 24.3 Å². The number of nitrogens with zero attached hydrogens (tertiary/aromatic N) is 1. The van der Waals surface area contributed by atoms with Crippen molar-refractivity contribution >= 4 is 5.97 Å². The number of hydrogen-bond donors (Lipinski definition) is 1. The number of aliphatic carboxylic acids is 1. The van der Waals surface area contributed by atoms with E-state index in [9.17, 15) is 9.90 Å². The summed E-state index contributed by atoms with van der Waals surface area (Å²) >= 11 is 0. The van der Waals surface area contributed by atoms with Crippen LogP contribution in [0.25, 0.3) is 0 Å². The fourth-order valence-electron chi connectivity index (χ4n) is 1.93. The highest BCUT2D eigenvalue weighted by atomic mass is 16.4. The lowest BCUT2D eigenvalue weighted by molar-refractivity contribution is -0.139. The van der Waals surface area contributed by atoms with Crippen molar-refractivity contribution < 1.29 is 9.90 Å². The van der Waals surface area contributed by atoms with E-state index in [1.54, 1.807) is 0 Å². The van der Waals surface area contributed by atoms with E-state index in [0.29, 0.717) is 12.3 Å². The van der Waals surface area contributed by atoms with Crippen molar-refractivity contribution in [3.63, 3.8) is 0 Å². The summed E-state index contributed by atoms with van der Waals surface area (Å²) in [5.74, 6) is -0.674. The van der Waals surface area contributed by atoms with Crippen molar-refractivity contribution in [2.45, 2.75) is 32.1 Å². The van der Waals surface area contributed by atoms with Gasteiger partial charge in [0.05, 0.1) is 5.92 Å². The third-order valence-electron chi connectivity index (χ3n) is 3.17. The Bertz CT molecular complexity index is 382. The maximum atomic E-state index is 11.3. The molecule has 0 bridgehead atoms. The Labute approximate surface area is 109 Å². The molecule has 1 N–H and O–H groups in total. The molecule has 18 heavy (non-hydrogen) atoms. The van der Waals surface area contributed by atoms with E-state index in [0.717, 1.165) is 12.1 Å². The molecule has 0 heterocycles. The van der Waals surface area contributed by atoms with Gasteiger partial charge < -0.3 is 10.0 Å². The van der Waals surface area contributed by atoms with Crippen LogP contribution < -0.4 is 0 Å². The Morgan fingerprint density at radius 1 is 1.17 bits per heavy atom. The SMILES string of the molecule is CC(C)c1ccc(C(CCN(C)C)C(=O)O)cc1. The van der Waals surface area contributed by atoms with Crippen LogP contribution in [-0.2, 0) is 4.79 Å². The van der Waals surface area contributed by atoms with Gasteiger partial charge in [0.15, 0.2) is 0 Å². The highest BCUT2D eigenvalue weighted by Gasteiger charge is 2.19. The quantitative estimate of drug-likeness (QED) is 0.842. The van der Waals surface area contributed by atoms with Gasteiger partial charge in [-0.2, -0.15) is 0 Å². The topological polar surface area (TPSA) is 40.5 Å². The lowest BCUT2D eigenvalue weighted by Gasteiger charge is -2.16. The second kappa shape index (κ2) is 6.55. The molecule has 0 aliphatic rings. The average Bonchev–Trinajstić information content (AvgIpc) is 2.29. The van der Waals surface area contributed by atoms with Crippen LogP contribution in [0, 0.1) is 0 Å². The van der Waals surface area contributed by atoms with Gasteiger partial charge in [0.2, 0.25) is 0 Å². The van der Waals surface area contributed by atoms with E-state index in [2.05, 4.69) is 13.8 Å². The van der Waals surface area contributed by atoms with Crippen LogP contribution in [-0.4, -0.2) is 36.6 Å². The second-order valence-corrected chi connectivity index (χ2v) is 5.30. The Hall–Kier alpha value is -1.35. The summed E-state index contributed by atoms with van der Waals surface area (Å²) in [7, 11) is 3.92. The molecule has 0 saturated carbocycles. The van der Waals surface area contributed by atoms with Crippen molar-refractivity contribution in [3.8, 4) is 0 Å². The molecule has 0 amide bonds. The van der Waals surface area contributed by atoms with Crippen molar-refractivity contribution in [1.82, 2.24) is 4.90 Å². The van der Waals surface area contributed by atoms with E-state index < -0.39 is 11.9 Å². The minimum absolute atomic E-state index is 0.409. The fourth-order valence-corrected chi connectivity index (χ4v) is 1.93. The summed E-state index contributed by atoms with van der Waals surface area (Å²) in [6.45, 7) is 5.05. The zero-order valence-corrected chi connectivity index (χ0v) is 11.7. The van der Waals surface area contributed by atoms with Gasteiger partial charge in [-0.3, -0.25) is 4.79 Å². The van der Waals surface area contributed by atoms with Crippen molar-refractivity contribution in [3.05, 3.63) is 35.4 Å². The summed E-state index contributed by atoms with van der Waals surface area (Å²) in [5.41, 5.74) is 2.14. The van der Waals surface area contributed by atoms with Crippen LogP contribution in [0.1, 0.15) is 43.2 Å². The van der Waals surface area contributed by atoms with Gasteiger partial charge in [0, 0.05) is 0 Å². The molecule has 100 valence electrons. The number of hydrogen-bond acceptors (Lipinski definition) is 2. The van der Waals surface area contributed by atoms with Gasteiger partial charge in [-0.1, -0.05) is 38.1 Å². The molecule has 1 atom stereocenters. The van der Waals surface area contributed by atoms with Crippen LogP contribution in [0.5, 0.6) is 0 Å². The molecule has 0 fully saturated rings. The smallest absolute Gasteiger partial charge is 0.311 e. The molecular formula is C15H23NO2. The van der Waals surface area contributed by atoms with Gasteiger partial charge in [-0.25, -0.2) is 0 Å². The standard InChI is InChI=1S/C15H23NO2/c1-11(2)12-5-7-13(8-6-12)14(15(17)18)9-10-16(3)4/h5-8,11,14H,9-10H2,1-4H3,(H,17,18). The molecule has 3 heteroatoms. The predicted octanol–water partition coefficient (Wildman–Crippen LogP) is 2.93. The van der Waals surface area contributed by atoms with Crippen molar-refractivity contribution in [2.75, 3.05) is 20.6 Å². The first kappa shape index (κ1) is 14.7. The molecular weight excluding hydrogens is 226 g/mol. The second-order valence-electron chi connectivity index (χ2n) is 5.30. The van der Waals surface area contributed by atoms with Gasteiger partial charge in [0.1, 0.15) is 0 Å². The molecule has 1 aromatic rings. The number of carbonyl (C=O) groups is 1. The predicted molar refractivity (Wildman–Crippen MR) is 74.1 cm³/mol. The van der Waals surface area contributed by atoms with E-state index in [1.807, 2.05) is 43.3 Å². The number of benzene rings is 1. The molecule has 0 radical (unpaired) electrons. The first-order chi connectivity index (χ1) is 8.41. The monoisotopic (exact) mass is 249 g/mol. The Morgan fingerprint density at radius 3 is 2.06 bits per heavy atom. The molecule has 3 nitrogen and oxygen atoms in total. The fraction of sp³-hybridized carbons (Fsp3) is 0.533. The highest BCUT2D eigenvalue weighted by Crippen LogP contribution is 2.23. The number of carboxylic acids is 1. The van der Waals surface area contributed by atoms with Crippen molar-refractivity contribution in [2.24, 2.45) is 0 Å². The maximum Gasteiger partial charge on any atom is 0.311 e. The normalized spacial score (nSPS) is 13.0. The Morgan fingerprint density at radius 2 is 1.67 bits per heavy atom. The first-order valence-corrected chi connectivity index (χ1v) is 6.39. The minimum atomic E-state index is -0.742.